The molecule has 1 aromatic heterocycles. The topological polar surface area (TPSA) is 22.1 Å². The zero-order valence-corrected chi connectivity index (χ0v) is 11.7. The van der Waals surface area contributed by atoms with Gasteiger partial charge in [-0.1, -0.05) is 6.07 Å². The first-order chi connectivity index (χ1) is 9.28. The average molecular weight is 274 g/mol. The lowest BCUT2D eigenvalue weighted by atomic mass is 9.94. The number of aromatic nitrogens is 1. The summed E-state index contributed by atoms with van der Waals surface area (Å²) >= 11 is 6.33. The Labute approximate surface area is 118 Å². The fourth-order valence-corrected chi connectivity index (χ4v) is 2.88. The molecule has 3 heteroatoms. The fraction of sp³-hybridized carbons (Fsp3) is 0.312. The molecule has 0 saturated heterocycles. The summed E-state index contributed by atoms with van der Waals surface area (Å²) in [7, 11) is 1.67. The van der Waals surface area contributed by atoms with Crippen LogP contribution in [0.25, 0.3) is 11.3 Å². The van der Waals surface area contributed by atoms with Gasteiger partial charge in [-0.3, -0.25) is 4.98 Å². The van der Waals surface area contributed by atoms with Crippen LogP contribution in [-0.4, -0.2) is 12.1 Å². The summed E-state index contributed by atoms with van der Waals surface area (Å²) in [5.41, 5.74) is 4.47. The quantitative estimate of drug-likeness (QED) is 0.758. The van der Waals surface area contributed by atoms with Crippen LogP contribution in [0.4, 0.5) is 0 Å². The van der Waals surface area contributed by atoms with Crippen molar-refractivity contribution in [2.24, 2.45) is 0 Å². The second-order valence-electron chi connectivity index (χ2n) is 4.82. The molecule has 0 radical (unpaired) electrons. The van der Waals surface area contributed by atoms with Gasteiger partial charge < -0.3 is 4.74 Å². The SMILES string of the molecule is COc1ccc(-c2ccc3c(n2)CCCC3Cl)cc1. The molecule has 0 bridgehead atoms. The summed E-state index contributed by atoms with van der Waals surface area (Å²) in [6.45, 7) is 0. The van der Waals surface area contributed by atoms with Crippen molar-refractivity contribution in [1.82, 2.24) is 4.98 Å². The highest BCUT2D eigenvalue weighted by Gasteiger charge is 2.19. The van der Waals surface area contributed by atoms with Crippen LogP contribution in [0.1, 0.15) is 29.5 Å². The zero-order valence-electron chi connectivity index (χ0n) is 10.9. The number of methoxy groups -OCH3 is 1. The van der Waals surface area contributed by atoms with E-state index in [9.17, 15) is 0 Å². The largest absolute Gasteiger partial charge is 0.497 e. The van der Waals surface area contributed by atoms with Gasteiger partial charge in [0.15, 0.2) is 0 Å². The van der Waals surface area contributed by atoms with E-state index in [4.69, 9.17) is 21.3 Å². The first-order valence-corrected chi connectivity index (χ1v) is 7.00. The number of aryl methyl sites for hydroxylation is 1. The highest BCUT2D eigenvalue weighted by Crippen LogP contribution is 2.34. The molecule has 1 aliphatic carbocycles. The van der Waals surface area contributed by atoms with Crippen LogP contribution in [0.3, 0.4) is 0 Å². The summed E-state index contributed by atoms with van der Waals surface area (Å²) in [6.07, 6.45) is 3.21. The van der Waals surface area contributed by atoms with Crippen LogP contribution < -0.4 is 4.74 Å². The molecule has 1 atom stereocenters. The van der Waals surface area contributed by atoms with Crippen molar-refractivity contribution in [2.75, 3.05) is 7.11 Å². The molecule has 0 N–H and O–H groups in total. The van der Waals surface area contributed by atoms with E-state index < -0.39 is 0 Å². The monoisotopic (exact) mass is 273 g/mol. The van der Waals surface area contributed by atoms with Crippen LogP contribution in [0.5, 0.6) is 5.75 Å². The summed E-state index contributed by atoms with van der Waals surface area (Å²) in [5.74, 6) is 0.863. The molecule has 0 amide bonds. The molecular formula is C16H16ClNO. The normalized spacial score (nSPS) is 17.9. The summed E-state index contributed by atoms with van der Waals surface area (Å²) in [4.78, 5) is 4.76. The third-order valence-electron chi connectivity index (χ3n) is 3.60. The van der Waals surface area contributed by atoms with Crippen LogP contribution in [0, 0.1) is 0 Å². The predicted molar refractivity (Wildman–Crippen MR) is 77.8 cm³/mol. The van der Waals surface area contributed by atoms with E-state index in [1.54, 1.807) is 7.11 Å². The standard InChI is InChI=1S/C16H16ClNO/c1-19-12-7-5-11(6-8-12)15-10-9-13-14(17)3-2-4-16(13)18-15/h5-10,14H,2-4H2,1H3. The lowest BCUT2D eigenvalue weighted by Gasteiger charge is -2.20. The molecule has 1 unspecified atom stereocenters. The maximum absolute atomic E-state index is 6.33. The predicted octanol–water partition coefficient (Wildman–Crippen LogP) is 4.37. The van der Waals surface area contributed by atoms with Gasteiger partial charge in [0.05, 0.1) is 18.2 Å². The highest BCUT2D eigenvalue weighted by atomic mass is 35.5. The molecule has 19 heavy (non-hydrogen) atoms. The number of benzene rings is 1. The van der Waals surface area contributed by atoms with Crippen LogP contribution in [0.2, 0.25) is 0 Å². The summed E-state index contributed by atoms with van der Waals surface area (Å²) in [5, 5.41) is 0.126. The Hall–Kier alpha value is -1.54. The Bertz CT molecular complexity index is 580. The van der Waals surface area contributed by atoms with E-state index in [-0.39, 0.29) is 5.38 Å². The molecule has 0 aliphatic heterocycles. The lowest BCUT2D eigenvalue weighted by molar-refractivity contribution is 0.415. The number of nitrogens with zero attached hydrogens (tertiary/aromatic N) is 1. The molecule has 0 fully saturated rings. The van der Waals surface area contributed by atoms with Crippen molar-refractivity contribution in [3.8, 4) is 17.0 Å². The minimum Gasteiger partial charge on any atom is -0.497 e. The van der Waals surface area contributed by atoms with Gasteiger partial charge in [-0.2, -0.15) is 0 Å². The third-order valence-corrected chi connectivity index (χ3v) is 4.06. The summed E-state index contributed by atoms with van der Waals surface area (Å²) in [6, 6.07) is 12.2. The van der Waals surface area contributed by atoms with Crippen molar-refractivity contribution in [1.29, 1.82) is 0 Å². The van der Waals surface area contributed by atoms with Gasteiger partial charge in [0.25, 0.3) is 0 Å². The molecule has 1 heterocycles. The van der Waals surface area contributed by atoms with Crippen molar-refractivity contribution in [2.45, 2.75) is 24.6 Å². The van der Waals surface area contributed by atoms with Crippen LogP contribution in [-0.2, 0) is 6.42 Å². The zero-order chi connectivity index (χ0) is 13.2. The van der Waals surface area contributed by atoms with Gasteiger partial charge >= 0.3 is 0 Å². The molecular weight excluding hydrogens is 258 g/mol. The van der Waals surface area contributed by atoms with Gasteiger partial charge in [-0.25, -0.2) is 0 Å². The highest BCUT2D eigenvalue weighted by molar-refractivity contribution is 6.21. The number of rotatable bonds is 2. The number of fused-ring (bicyclic) bond motifs is 1. The summed E-state index contributed by atoms with van der Waals surface area (Å²) < 4.78 is 5.17. The molecule has 0 spiro atoms. The first-order valence-electron chi connectivity index (χ1n) is 6.56. The number of ether oxygens (including phenoxy) is 1. The van der Waals surface area contributed by atoms with Gasteiger partial charge in [-0.05, 0) is 55.2 Å². The van der Waals surface area contributed by atoms with Crippen LogP contribution >= 0.6 is 11.6 Å². The van der Waals surface area contributed by atoms with E-state index in [2.05, 4.69) is 12.1 Å². The maximum atomic E-state index is 6.33. The molecule has 1 aliphatic rings. The Morgan fingerprint density at radius 3 is 2.68 bits per heavy atom. The van der Waals surface area contributed by atoms with E-state index in [1.807, 2.05) is 24.3 Å². The molecule has 0 saturated carbocycles. The molecule has 1 aromatic carbocycles. The minimum atomic E-state index is 0.126. The number of hydrogen-bond acceptors (Lipinski definition) is 2. The molecule has 2 aromatic rings. The minimum absolute atomic E-state index is 0.126. The van der Waals surface area contributed by atoms with Crippen molar-refractivity contribution in [3.05, 3.63) is 47.7 Å². The Morgan fingerprint density at radius 1 is 1.16 bits per heavy atom. The lowest BCUT2D eigenvalue weighted by Crippen LogP contribution is -2.08. The average Bonchev–Trinajstić information content (AvgIpc) is 2.47. The smallest absolute Gasteiger partial charge is 0.118 e. The van der Waals surface area contributed by atoms with E-state index >= 15 is 0 Å². The number of hydrogen-bond donors (Lipinski definition) is 0. The van der Waals surface area contributed by atoms with Gasteiger partial charge in [-0.15, -0.1) is 11.6 Å². The second-order valence-corrected chi connectivity index (χ2v) is 5.35. The number of halogens is 1. The Balaban J connectivity index is 1.96. The van der Waals surface area contributed by atoms with Crippen molar-refractivity contribution in [3.63, 3.8) is 0 Å². The molecule has 98 valence electrons. The third kappa shape index (κ3) is 2.45. The Kier molecular flexibility index (Phi) is 3.43. The maximum Gasteiger partial charge on any atom is 0.118 e. The second kappa shape index (κ2) is 5.22. The van der Waals surface area contributed by atoms with E-state index in [1.165, 1.54) is 5.56 Å². The van der Waals surface area contributed by atoms with Gasteiger partial charge in [0.1, 0.15) is 5.75 Å². The molecule has 2 nitrogen and oxygen atoms in total. The first kappa shape index (κ1) is 12.5. The van der Waals surface area contributed by atoms with Crippen molar-refractivity contribution < 1.29 is 4.74 Å². The van der Waals surface area contributed by atoms with E-state index in [0.29, 0.717) is 0 Å². The molecule has 3 rings (SSSR count). The van der Waals surface area contributed by atoms with Crippen LogP contribution in [0.15, 0.2) is 36.4 Å². The number of alkyl halides is 1. The Morgan fingerprint density at radius 2 is 1.95 bits per heavy atom. The van der Waals surface area contributed by atoms with Crippen molar-refractivity contribution >= 4 is 11.6 Å². The van der Waals surface area contributed by atoms with E-state index in [0.717, 1.165) is 42.0 Å². The number of pyridine rings is 1. The fourth-order valence-electron chi connectivity index (χ4n) is 2.52. The van der Waals surface area contributed by atoms with Gasteiger partial charge in [0.2, 0.25) is 0 Å². The van der Waals surface area contributed by atoms with Gasteiger partial charge in [0, 0.05) is 11.3 Å².